The van der Waals surface area contributed by atoms with Crippen molar-refractivity contribution < 1.29 is 13.3 Å². The number of nitrogens with zero attached hydrogens (tertiary/aromatic N) is 5. The average Bonchev–Trinajstić information content (AvgIpc) is 3.15. The molecule has 3 aromatic rings. The van der Waals surface area contributed by atoms with Crippen LogP contribution in [-0.2, 0) is 14.9 Å². The first-order valence-corrected chi connectivity index (χ1v) is 9.13. The van der Waals surface area contributed by atoms with Crippen molar-refractivity contribution in [3.05, 3.63) is 42.6 Å². The molecule has 10 nitrogen and oxygen atoms in total. The van der Waals surface area contributed by atoms with Gasteiger partial charge in [0.2, 0.25) is 0 Å². The molecule has 0 radical (unpaired) electrons. The summed E-state index contributed by atoms with van der Waals surface area (Å²) < 4.78 is 25.9. The lowest BCUT2D eigenvalue weighted by atomic mass is 10.1. The highest BCUT2D eigenvalue weighted by Gasteiger charge is 2.17. The van der Waals surface area contributed by atoms with Gasteiger partial charge in [0.1, 0.15) is 12.7 Å². The van der Waals surface area contributed by atoms with Gasteiger partial charge in [-0.25, -0.2) is 23.4 Å². The molecule has 0 aliphatic carbocycles. The number of anilines is 1. The minimum Gasteiger partial charge on any atom is -0.381 e. The number of rotatable bonds is 6. The van der Waals surface area contributed by atoms with E-state index in [4.69, 9.17) is 10.6 Å². The summed E-state index contributed by atoms with van der Waals surface area (Å²) in [5.74, 6) is 0.485. The molecule has 0 spiro atoms. The summed E-state index contributed by atoms with van der Waals surface area (Å²) in [5, 5.41) is 4.00. The number of benzene rings is 1. The van der Waals surface area contributed by atoms with E-state index >= 15 is 0 Å². The first-order chi connectivity index (χ1) is 12.4. The van der Waals surface area contributed by atoms with Gasteiger partial charge in [-0.3, -0.25) is 4.84 Å². The van der Waals surface area contributed by atoms with Crippen molar-refractivity contribution in [2.45, 2.75) is 18.7 Å². The second-order valence-electron chi connectivity index (χ2n) is 5.30. The number of nitrogens with two attached hydrogens (primary N) is 1. The van der Waals surface area contributed by atoms with Crippen LogP contribution >= 0.6 is 0 Å². The quantitative estimate of drug-likeness (QED) is 0.605. The smallest absolute Gasteiger partial charge is 0.262 e. The zero-order valence-electron chi connectivity index (χ0n) is 14.1. The number of nitrogen functional groups attached to an aromatic ring is 1. The van der Waals surface area contributed by atoms with Gasteiger partial charge >= 0.3 is 0 Å². The predicted molar refractivity (Wildman–Crippen MR) is 93.5 cm³/mol. The normalized spacial score (nSPS) is 11.6. The lowest BCUT2D eigenvalue weighted by Crippen LogP contribution is -2.24. The summed E-state index contributed by atoms with van der Waals surface area (Å²) in [7, 11) is -3.80. The molecule has 136 valence electrons. The summed E-state index contributed by atoms with van der Waals surface area (Å²) in [5.41, 5.74) is 7.74. The summed E-state index contributed by atoms with van der Waals surface area (Å²) in [4.78, 5) is 19.4. The summed E-state index contributed by atoms with van der Waals surface area (Å²) >= 11 is 0. The Hall–Kier alpha value is -2.89. The molecule has 0 aliphatic heterocycles. The van der Waals surface area contributed by atoms with Crippen LogP contribution in [0, 0.1) is 6.92 Å². The van der Waals surface area contributed by atoms with Crippen molar-refractivity contribution >= 4 is 15.8 Å². The molecule has 2 heterocycles. The summed E-state index contributed by atoms with van der Waals surface area (Å²) in [6.45, 7) is 3.73. The lowest BCUT2D eigenvalue weighted by molar-refractivity contribution is 0.105. The van der Waals surface area contributed by atoms with E-state index in [0.29, 0.717) is 17.1 Å². The Kier molecular flexibility index (Phi) is 4.93. The van der Waals surface area contributed by atoms with Crippen LogP contribution in [0.5, 0.6) is 0 Å². The molecule has 0 fully saturated rings. The Bertz CT molecular complexity index is 1020. The number of hydrogen-bond donors (Lipinski definition) is 2. The molecule has 3 rings (SSSR count). The van der Waals surface area contributed by atoms with Gasteiger partial charge in [0.15, 0.2) is 11.6 Å². The first-order valence-electron chi connectivity index (χ1n) is 7.64. The number of hydrogen-bond acceptors (Lipinski definition) is 8. The van der Waals surface area contributed by atoms with E-state index in [1.54, 1.807) is 13.0 Å². The number of sulfonamides is 1. The van der Waals surface area contributed by atoms with Crippen LogP contribution in [-0.4, -0.2) is 39.8 Å². The number of aryl methyl sites for hydroxylation is 1. The predicted octanol–water partition coefficient (Wildman–Crippen LogP) is 0.845. The monoisotopic (exact) mass is 375 g/mol. The molecule has 26 heavy (non-hydrogen) atoms. The van der Waals surface area contributed by atoms with E-state index in [0.717, 1.165) is 5.56 Å². The highest BCUT2D eigenvalue weighted by molar-refractivity contribution is 7.89. The van der Waals surface area contributed by atoms with Gasteiger partial charge in [-0.1, -0.05) is 11.0 Å². The van der Waals surface area contributed by atoms with Gasteiger partial charge in [-0.15, -0.1) is 0 Å². The van der Waals surface area contributed by atoms with E-state index in [9.17, 15) is 8.42 Å². The standard InChI is InChI=1S/C15H17N7O3S/c1-3-25-21-26(23,24)11-5-4-10(2)12(6-11)13-7-18-14(16)15(20-13)22-9-17-8-19-22/h4-9,21H,3H2,1-2H3,(H2,16,18). The SMILES string of the molecule is CCONS(=O)(=O)c1ccc(C)c(-c2cnc(N)c(-n3cncn3)n2)c1. The Morgan fingerprint density at radius 1 is 1.35 bits per heavy atom. The molecule has 11 heteroatoms. The first kappa shape index (κ1) is 17.9. The number of nitrogens with one attached hydrogen (secondary N) is 1. The maximum absolute atomic E-state index is 12.3. The van der Waals surface area contributed by atoms with Crippen LogP contribution in [0.25, 0.3) is 17.1 Å². The second kappa shape index (κ2) is 7.15. The van der Waals surface area contributed by atoms with Crippen molar-refractivity contribution in [3.63, 3.8) is 0 Å². The molecule has 0 saturated heterocycles. The molecule has 3 N–H and O–H groups in total. The Morgan fingerprint density at radius 2 is 2.15 bits per heavy atom. The van der Waals surface area contributed by atoms with Crippen LogP contribution in [0.2, 0.25) is 0 Å². The van der Waals surface area contributed by atoms with E-state index in [1.165, 1.54) is 35.7 Å². The maximum Gasteiger partial charge on any atom is 0.262 e. The molecule has 1 aromatic carbocycles. The van der Waals surface area contributed by atoms with E-state index in [2.05, 4.69) is 24.9 Å². The minimum atomic E-state index is -3.80. The van der Waals surface area contributed by atoms with Crippen LogP contribution in [0.4, 0.5) is 5.82 Å². The molecule has 2 aromatic heterocycles. The zero-order chi connectivity index (χ0) is 18.7. The Morgan fingerprint density at radius 3 is 2.85 bits per heavy atom. The maximum atomic E-state index is 12.3. The fourth-order valence-corrected chi connectivity index (χ4v) is 3.12. The number of aromatic nitrogens is 5. The van der Waals surface area contributed by atoms with Crippen LogP contribution in [0.15, 0.2) is 41.9 Å². The fraction of sp³-hybridized carbons (Fsp3) is 0.200. The van der Waals surface area contributed by atoms with Crippen molar-refractivity contribution in [1.82, 2.24) is 29.6 Å². The third-order valence-corrected chi connectivity index (χ3v) is 4.74. The van der Waals surface area contributed by atoms with Gasteiger partial charge in [-0.05, 0) is 31.5 Å². The van der Waals surface area contributed by atoms with Crippen molar-refractivity contribution in [3.8, 4) is 17.1 Å². The lowest BCUT2D eigenvalue weighted by Gasteiger charge is -2.11. The van der Waals surface area contributed by atoms with Crippen molar-refractivity contribution in [1.29, 1.82) is 0 Å². The van der Waals surface area contributed by atoms with Gasteiger partial charge in [0, 0.05) is 5.56 Å². The van der Waals surface area contributed by atoms with Crippen molar-refractivity contribution in [2.24, 2.45) is 0 Å². The molecular formula is C15H17N7O3S. The molecular weight excluding hydrogens is 358 g/mol. The highest BCUT2D eigenvalue weighted by atomic mass is 32.2. The second-order valence-corrected chi connectivity index (χ2v) is 6.95. The third-order valence-electron chi connectivity index (χ3n) is 3.53. The third kappa shape index (κ3) is 3.54. The highest BCUT2D eigenvalue weighted by Crippen LogP contribution is 2.26. The summed E-state index contributed by atoms with van der Waals surface area (Å²) in [6.07, 6.45) is 4.28. The molecule has 0 amide bonds. The molecule has 0 bridgehead atoms. The van der Waals surface area contributed by atoms with Gasteiger partial charge in [0.05, 0.1) is 23.4 Å². The topological polar surface area (TPSA) is 138 Å². The van der Waals surface area contributed by atoms with E-state index in [-0.39, 0.29) is 17.3 Å². The molecule has 0 aliphatic rings. The molecule has 0 atom stereocenters. The molecule has 0 saturated carbocycles. The molecule has 0 unspecified atom stereocenters. The Labute approximate surface area is 150 Å². The van der Waals surface area contributed by atoms with Gasteiger partial charge < -0.3 is 5.73 Å². The average molecular weight is 375 g/mol. The fourth-order valence-electron chi connectivity index (χ4n) is 2.23. The van der Waals surface area contributed by atoms with Crippen molar-refractivity contribution in [2.75, 3.05) is 12.3 Å². The van der Waals surface area contributed by atoms with Gasteiger partial charge in [-0.2, -0.15) is 9.78 Å². The van der Waals surface area contributed by atoms with Crippen LogP contribution in [0.3, 0.4) is 0 Å². The van der Waals surface area contributed by atoms with Crippen LogP contribution < -0.4 is 10.6 Å². The minimum absolute atomic E-state index is 0.0486. The van der Waals surface area contributed by atoms with Crippen LogP contribution in [0.1, 0.15) is 12.5 Å². The largest absolute Gasteiger partial charge is 0.381 e. The summed E-state index contributed by atoms with van der Waals surface area (Å²) in [6, 6.07) is 4.67. The van der Waals surface area contributed by atoms with E-state index in [1.807, 2.05) is 6.92 Å². The zero-order valence-corrected chi connectivity index (χ0v) is 14.9. The van der Waals surface area contributed by atoms with Gasteiger partial charge in [0.25, 0.3) is 10.0 Å². The van der Waals surface area contributed by atoms with E-state index < -0.39 is 10.0 Å². The Balaban J connectivity index is 2.07.